The van der Waals surface area contributed by atoms with Crippen LogP contribution < -0.4 is 0 Å². The Morgan fingerprint density at radius 3 is 1.96 bits per heavy atom. The van der Waals surface area contributed by atoms with E-state index in [9.17, 15) is 0 Å². The maximum atomic E-state index is 5.63. The third kappa shape index (κ3) is 6.50. The van der Waals surface area contributed by atoms with Gasteiger partial charge in [-0.3, -0.25) is 4.99 Å². The van der Waals surface area contributed by atoms with Crippen LogP contribution in [0.1, 0.15) is 27.7 Å². The van der Waals surface area contributed by atoms with Gasteiger partial charge in [-0.2, -0.15) is 0 Å². The molecule has 2 aliphatic rings. The quantitative estimate of drug-likeness (QED) is 0.462. The molecule has 7 nitrogen and oxygen atoms in total. The van der Waals surface area contributed by atoms with Gasteiger partial charge in [0, 0.05) is 17.2 Å². The average molecular weight is 401 g/mol. The van der Waals surface area contributed by atoms with Crippen molar-refractivity contribution < 1.29 is 14.2 Å². The lowest BCUT2D eigenvalue weighted by Gasteiger charge is -2.21. The highest BCUT2D eigenvalue weighted by Crippen LogP contribution is 2.27. The van der Waals surface area contributed by atoms with E-state index in [0.717, 1.165) is 23.1 Å². The van der Waals surface area contributed by atoms with Crippen molar-refractivity contribution >= 4 is 45.0 Å². The van der Waals surface area contributed by atoms with Gasteiger partial charge in [-0.1, -0.05) is 21.6 Å². The van der Waals surface area contributed by atoms with E-state index in [1.54, 1.807) is 21.6 Å². The Kier molecular flexibility index (Phi) is 9.31. The largest absolute Gasteiger partial charge is 0.480 e. The van der Waals surface area contributed by atoms with Crippen molar-refractivity contribution in [2.45, 2.75) is 39.8 Å². The molecule has 0 N–H and O–H groups in total. The maximum absolute atomic E-state index is 5.63. The summed E-state index contributed by atoms with van der Waals surface area (Å²) in [6.07, 6.45) is 0. The Labute approximate surface area is 163 Å². The minimum absolute atomic E-state index is 0.0803. The summed E-state index contributed by atoms with van der Waals surface area (Å²) >= 11 is 0. The molecular weight excluding hydrogens is 372 g/mol. The fraction of sp³-hybridized carbons (Fsp3) is 0.765. The lowest BCUT2D eigenvalue weighted by atomic mass is 10.2. The number of hydrogen-bond acceptors (Lipinski definition) is 9. The third-order valence-corrected chi connectivity index (χ3v) is 6.04. The first-order chi connectivity index (χ1) is 12.7. The van der Waals surface area contributed by atoms with Crippen LogP contribution in [-0.4, -0.2) is 79.9 Å². The van der Waals surface area contributed by atoms with Gasteiger partial charge in [-0.25, -0.2) is 15.0 Å². The summed E-state index contributed by atoms with van der Waals surface area (Å²) in [6.45, 7) is 10.8. The van der Waals surface area contributed by atoms with Crippen LogP contribution in [0.15, 0.2) is 20.0 Å². The zero-order chi connectivity index (χ0) is 18.8. The molecule has 0 aliphatic carbocycles. The first-order valence-corrected chi connectivity index (χ1v) is 11.5. The molecule has 0 aromatic heterocycles. The molecule has 2 aliphatic heterocycles. The molecule has 0 aromatic carbocycles. The van der Waals surface area contributed by atoms with E-state index in [1.165, 1.54) is 0 Å². The van der Waals surface area contributed by atoms with Crippen LogP contribution in [0.4, 0.5) is 0 Å². The van der Waals surface area contributed by atoms with Gasteiger partial charge in [0.2, 0.25) is 17.7 Å². The van der Waals surface area contributed by atoms with Gasteiger partial charge in [0.15, 0.2) is 0 Å². The standard InChI is InChI=1S/C17H28N4O3S2/c1-5-22-15-8-18-12(4)13(20-15)10-25-26-11-14-17(24-7-3)19-9-16(21-14)23-6-2/h13-14H,5-11H2,1-4H3/t13-,14-/m0/s1. The van der Waals surface area contributed by atoms with Gasteiger partial charge < -0.3 is 14.2 Å². The number of aliphatic imine (C=N–C) groups is 4. The van der Waals surface area contributed by atoms with Gasteiger partial charge >= 0.3 is 0 Å². The molecule has 0 unspecified atom stereocenters. The molecule has 2 atom stereocenters. The highest BCUT2D eigenvalue weighted by molar-refractivity contribution is 8.76. The molecular formula is C17H28N4O3S2. The molecule has 0 aromatic rings. The van der Waals surface area contributed by atoms with Crippen LogP contribution in [0.3, 0.4) is 0 Å². The summed E-state index contributed by atoms with van der Waals surface area (Å²) in [4.78, 5) is 18.3. The van der Waals surface area contributed by atoms with Crippen LogP contribution in [0.25, 0.3) is 0 Å². The highest BCUT2D eigenvalue weighted by Gasteiger charge is 2.23. The Bertz CT molecular complexity index is 578. The van der Waals surface area contributed by atoms with Gasteiger partial charge in [-0.15, -0.1) is 0 Å². The smallest absolute Gasteiger partial charge is 0.210 e. The molecule has 0 saturated carbocycles. The van der Waals surface area contributed by atoms with E-state index in [0.29, 0.717) is 44.7 Å². The second-order valence-corrected chi connectivity index (χ2v) is 8.11. The third-order valence-electron chi connectivity index (χ3n) is 3.65. The number of nitrogens with zero attached hydrogens (tertiary/aromatic N) is 4. The van der Waals surface area contributed by atoms with E-state index >= 15 is 0 Å². The average Bonchev–Trinajstić information content (AvgIpc) is 2.63. The normalized spacial score (nSPS) is 22.8. The fourth-order valence-electron chi connectivity index (χ4n) is 2.41. The first kappa shape index (κ1) is 21.1. The van der Waals surface area contributed by atoms with Gasteiger partial charge in [0.05, 0.1) is 19.8 Å². The molecule has 0 amide bonds. The fourth-order valence-corrected chi connectivity index (χ4v) is 4.74. The van der Waals surface area contributed by atoms with Gasteiger partial charge in [0.1, 0.15) is 25.2 Å². The van der Waals surface area contributed by atoms with Crippen molar-refractivity contribution in [2.75, 3.05) is 44.4 Å². The second kappa shape index (κ2) is 11.5. The summed E-state index contributed by atoms with van der Waals surface area (Å²) in [5.74, 6) is 3.76. The summed E-state index contributed by atoms with van der Waals surface area (Å²) in [7, 11) is 3.51. The maximum Gasteiger partial charge on any atom is 0.210 e. The van der Waals surface area contributed by atoms with E-state index in [4.69, 9.17) is 14.2 Å². The van der Waals surface area contributed by atoms with E-state index < -0.39 is 0 Å². The van der Waals surface area contributed by atoms with Crippen LogP contribution in [0.5, 0.6) is 0 Å². The highest BCUT2D eigenvalue weighted by atomic mass is 33.1. The molecule has 0 spiro atoms. The second-order valence-electron chi connectivity index (χ2n) is 5.56. The van der Waals surface area contributed by atoms with Crippen molar-refractivity contribution in [1.29, 1.82) is 0 Å². The zero-order valence-corrected chi connectivity index (χ0v) is 17.6. The predicted octanol–water partition coefficient (Wildman–Crippen LogP) is 2.90. The molecule has 26 heavy (non-hydrogen) atoms. The van der Waals surface area contributed by atoms with Crippen molar-refractivity contribution in [3.63, 3.8) is 0 Å². The van der Waals surface area contributed by atoms with Crippen molar-refractivity contribution in [3.8, 4) is 0 Å². The lowest BCUT2D eigenvalue weighted by Crippen LogP contribution is -2.32. The van der Waals surface area contributed by atoms with Gasteiger partial charge in [-0.05, 0) is 27.7 Å². The van der Waals surface area contributed by atoms with Crippen LogP contribution in [0.2, 0.25) is 0 Å². The number of hydrogen-bond donors (Lipinski definition) is 0. The summed E-state index contributed by atoms with van der Waals surface area (Å²) in [5.41, 5.74) is 1.06. The lowest BCUT2D eigenvalue weighted by molar-refractivity contribution is 0.296. The molecule has 9 heteroatoms. The zero-order valence-electron chi connectivity index (χ0n) is 15.9. The predicted molar refractivity (Wildman–Crippen MR) is 113 cm³/mol. The Morgan fingerprint density at radius 1 is 0.808 bits per heavy atom. The SMILES string of the molecule is CCOC1=N[C@@H](CSSC[C@@H]2N=C(OCC)CN=C2OCC)C(C)=NC1. The minimum atomic E-state index is -0.0913. The molecule has 0 bridgehead atoms. The summed E-state index contributed by atoms with van der Waals surface area (Å²) in [5, 5.41) is 0. The monoisotopic (exact) mass is 400 g/mol. The minimum Gasteiger partial charge on any atom is -0.480 e. The molecule has 0 fully saturated rings. The molecule has 0 saturated heterocycles. The van der Waals surface area contributed by atoms with Gasteiger partial charge in [0.25, 0.3) is 0 Å². The molecule has 2 heterocycles. The number of ether oxygens (including phenoxy) is 3. The van der Waals surface area contributed by atoms with E-state index in [-0.39, 0.29) is 12.1 Å². The Hall–Kier alpha value is -1.22. The van der Waals surface area contributed by atoms with Crippen molar-refractivity contribution in [1.82, 2.24) is 0 Å². The van der Waals surface area contributed by atoms with Crippen LogP contribution >= 0.6 is 21.6 Å². The summed E-state index contributed by atoms with van der Waals surface area (Å²) < 4.78 is 16.6. The van der Waals surface area contributed by atoms with E-state index in [2.05, 4.69) is 20.0 Å². The Morgan fingerprint density at radius 2 is 1.35 bits per heavy atom. The molecule has 0 radical (unpaired) electrons. The summed E-state index contributed by atoms with van der Waals surface area (Å²) in [6, 6.07) is -0.0111. The molecule has 146 valence electrons. The van der Waals surface area contributed by atoms with Crippen molar-refractivity contribution in [2.24, 2.45) is 20.0 Å². The topological polar surface area (TPSA) is 77.1 Å². The molecule has 2 rings (SSSR count). The van der Waals surface area contributed by atoms with Crippen LogP contribution in [0, 0.1) is 0 Å². The van der Waals surface area contributed by atoms with E-state index in [1.807, 2.05) is 27.7 Å². The van der Waals surface area contributed by atoms with Crippen LogP contribution in [-0.2, 0) is 14.2 Å². The first-order valence-electron chi connectivity index (χ1n) is 8.99. The number of rotatable bonds is 8. The Balaban J connectivity index is 1.83. The van der Waals surface area contributed by atoms with Crippen molar-refractivity contribution in [3.05, 3.63) is 0 Å².